The minimum absolute atomic E-state index is 0. The van der Waals surface area contributed by atoms with Crippen LogP contribution >= 0.6 is 11.6 Å². The molecule has 2 aliphatic heterocycles. The van der Waals surface area contributed by atoms with Gasteiger partial charge in [0.05, 0.1) is 7.11 Å². The number of hydrogen-bond acceptors (Lipinski definition) is 7. The standard InChI is InChI=1S/C35H36ClN4O5.Pd/c1-8-19-14(2)21-13-26-28(18(6)41)16(4)23(38-26)11-22-15(3)20(9-10-27(36)42)32(39-22)30-31(35(44)45-7)34(43)29-17(5)24(40-33(29)30)12-25(19)37-21;/h11-15,19-20,31H,8-10H2,1-7H3,(H-,37,38,39,40,41,43);/q-1;+2/p-1/t14-,15+,19-,20+,31-;/m1./s1. The summed E-state index contributed by atoms with van der Waals surface area (Å²) in [6.45, 7) is 11.5. The fourth-order valence-corrected chi connectivity index (χ4v) is 7.54. The zero-order valence-electron chi connectivity index (χ0n) is 26.8. The third kappa shape index (κ3) is 5.29. The Morgan fingerprint density at radius 1 is 0.913 bits per heavy atom. The van der Waals surface area contributed by atoms with Gasteiger partial charge in [-0.2, -0.15) is 0 Å². The van der Waals surface area contributed by atoms with E-state index in [1.54, 1.807) is 0 Å². The topological polar surface area (TPSA) is 131 Å². The van der Waals surface area contributed by atoms with Crippen LogP contribution in [0.15, 0.2) is 18.2 Å². The number of ether oxygens (including phenoxy) is 1. The van der Waals surface area contributed by atoms with Gasteiger partial charge in [0.25, 0.3) is 0 Å². The maximum atomic E-state index is 14.0. The van der Waals surface area contributed by atoms with Crippen LogP contribution in [-0.4, -0.2) is 39.9 Å². The Morgan fingerprint density at radius 3 is 2.15 bits per heavy atom. The number of hydrogen-bond donors (Lipinski definition) is 0. The van der Waals surface area contributed by atoms with Gasteiger partial charge in [-0.15, -0.1) is 22.1 Å². The Hall–Kier alpha value is -3.45. The van der Waals surface area contributed by atoms with Crippen LogP contribution in [0.2, 0.25) is 0 Å². The number of rotatable bonds is 6. The van der Waals surface area contributed by atoms with E-state index in [1.165, 1.54) is 14.0 Å². The molecule has 0 saturated carbocycles. The number of Topliss-reactive ketones (excluding diaryl/α,β-unsaturated/α-hetero) is 2. The van der Waals surface area contributed by atoms with Crippen molar-refractivity contribution in [3.8, 4) is 0 Å². The summed E-state index contributed by atoms with van der Waals surface area (Å²) in [5.74, 6) is -2.78. The maximum Gasteiger partial charge on any atom is 2.00 e. The molecular formula is C35H35ClN4O5Pd. The van der Waals surface area contributed by atoms with E-state index < -0.39 is 17.1 Å². The van der Waals surface area contributed by atoms with Crippen LogP contribution in [0.25, 0.3) is 22.1 Å². The van der Waals surface area contributed by atoms with Gasteiger partial charge in [-0.05, 0) is 50.8 Å². The van der Waals surface area contributed by atoms with Crippen LogP contribution in [0.5, 0.6) is 0 Å². The molecular weight excluding hydrogens is 698 g/mol. The number of aromatic nitrogens is 4. The summed E-state index contributed by atoms with van der Waals surface area (Å²) in [6.07, 6.45) is 1.27. The third-order valence-corrected chi connectivity index (χ3v) is 10.1. The van der Waals surface area contributed by atoms with Gasteiger partial charge in [0, 0.05) is 64.0 Å². The number of ketones is 2. The van der Waals surface area contributed by atoms with Crippen molar-refractivity contribution in [2.24, 2.45) is 0 Å². The van der Waals surface area contributed by atoms with Crippen molar-refractivity contribution in [2.75, 3.05) is 7.11 Å². The molecule has 11 heteroatoms. The average Bonchev–Trinajstić information content (AvgIpc) is 3.72. The van der Waals surface area contributed by atoms with E-state index in [4.69, 9.17) is 36.3 Å². The summed E-state index contributed by atoms with van der Waals surface area (Å²) in [5, 5.41) is -0.484. The van der Waals surface area contributed by atoms with Gasteiger partial charge in [0.2, 0.25) is 5.24 Å². The van der Waals surface area contributed by atoms with Gasteiger partial charge in [0.15, 0.2) is 11.6 Å². The Kier molecular flexibility index (Phi) is 9.31. The second-order valence-electron chi connectivity index (χ2n) is 12.4. The van der Waals surface area contributed by atoms with Crippen molar-refractivity contribution < 1.29 is 44.3 Å². The zero-order chi connectivity index (χ0) is 32.5. The van der Waals surface area contributed by atoms with Crippen molar-refractivity contribution >= 4 is 56.4 Å². The molecule has 9 nitrogen and oxygen atoms in total. The number of esters is 1. The molecule has 3 aromatic rings. The number of halogens is 1. The van der Waals surface area contributed by atoms with Crippen LogP contribution in [0, 0.1) is 13.8 Å². The van der Waals surface area contributed by atoms with E-state index in [1.807, 2.05) is 39.0 Å². The first-order valence-electron chi connectivity index (χ1n) is 15.4. The second kappa shape index (κ2) is 12.6. The molecule has 1 aliphatic carbocycles. The fraction of sp³-hybridized carbons (Fsp3) is 0.429. The molecule has 0 radical (unpaired) electrons. The van der Waals surface area contributed by atoms with Gasteiger partial charge >= 0.3 is 26.4 Å². The minimum Gasteiger partial charge on any atom is -0.657 e. The molecule has 242 valence electrons. The predicted molar refractivity (Wildman–Crippen MR) is 170 cm³/mol. The first-order valence-corrected chi connectivity index (χ1v) is 15.7. The number of carbonyl (C=O) groups excluding carboxylic acids is 4. The normalized spacial score (nSPS) is 21.7. The molecule has 46 heavy (non-hydrogen) atoms. The summed E-state index contributed by atoms with van der Waals surface area (Å²) in [7, 11) is 1.26. The van der Waals surface area contributed by atoms with E-state index in [-0.39, 0.29) is 62.1 Å². The van der Waals surface area contributed by atoms with E-state index in [2.05, 4.69) is 13.8 Å². The summed E-state index contributed by atoms with van der Waals surface area (Å²) in [6, 6.07) is 5.70. The number of carbonyl (C=O) groups is 4. The van der Waals surface area contributed by atoms with Crippen LogP contribution in [0.1, 0.15) is 137 Å². The van der Waals surface area contributed by atoms with Gasteiger partial charge in [-0.1, -0.05) is 50.1 Å². The molecule has 0 spiro atoms. The molecule has 0 aromatic carbocycles. The van der Waals surface area contributed by atoms with Crippen molar-refractivity contribution in [1.29, 1.82) is 0 Å². The Morgan fingerprint density at radius 2 is 1.52 bits per heavy atom. The maximum absolute atomic E-state index is 14.0. The molecule has 5 atom stereocenters. The van der Waals surface area contributed by atoms with E-state index in [0.717, 1.165) is 23.4 Å². The Balaban J connectivity index is 0.00000417. The molecule has 3 aromatic heterocycles. The van der Waals surface area contributed by atoms with Crippen LogP contribution < -0.4 is 9.97 Å². The summed E-state index contributed by atoms with van der Waals surface area (Å²) < 4.78 is 5.13. The third-order valence-electron chi connectivity index (χ3n) is 9.93. The summed E-state index contributed by atoms with van der Waals surface area (Å²) in [5.41, 5.74) is 7.76. The second-order valence-corrected chi connectivity index (χ2v) is 12.8. The number of aryl methyl sites for hydroxylation is 2. The molecule has 5 heterocycles. The largest absolute Gasteiger partial charge is 2.00 e. The molecule has 0 fully saturated rings. The summed E-state index contributed by atoms with van der Waals surface area (Å²) in [4.78, 5) is 72.0. The van der Waals surface area contributed by atoms with Crippen LogP contribution in [-0.2, 0) is 34.7 Å². The summed E-state index contributed by atoms with van der Waals surface area (Å²) >= 11 is 5.80. The fourth-order valence-electron chi connectivity index (χ4n) is 7.43. The Labute approximate surface area is 285 Å². The minimum atomic E-state index is -1.23. The molecule has 8 bridgehead atoms. The van der Waals surface area contributed by atoms with Gasteiger partial charge in [-0.25, -0.2) is 0 Å². The van der Waals surface area contributed by atoms with E-state index in [0.29, 0.717) is 62.1 Å². The van der Waals surface area contributed by atoms with Crippen LogP contribution in [0.4, 0.5) is 0 Å². The molecule has 6 rings (SSSR count). The average molecular weight is 734 g/mol. The molecule has 0 N–H and O–H groups in total. The molecule has 0 unspecified atom stereocenters. The van der Waals surface area contributed by atoms with Gasteiger partial charge in [-0.3, -0.25) is 29.1 Å². The smallest absolute Gasteiger partial charge is 0.657 e. The van der Waals surface area contributed by atoms with Crippen LogP contribution in [0.3, 0.4) is 0 Å². The number of methoxy groups -OCH3 is 1. The zero-order valence-corrected chi connectivity index (χ0v) is 29.1. The van der Waals surface area contributed by atoms with Crippen molar-refractivity contribution in [1.82, 2.24) is 19.9 Å². The number of fused-ring (bicyclic) bond motifs is 8. The SMILES string of the molecule is CC[C@H]1c2cc3[n-]c4c(c3C)C(=O)[C@H](C(=O)OC)c4c3nc(cc4[n-]c(cc(n2)[C@@H]1C)c(C(C)=O)c4C)[C@@H](C)[C@@H]3CCC(=O)Cl.[Pd+2]. The molecule has 0 saturated heterocycles. The Bertz CT molecular complexity index is 1980. The molecule has 3 aliphatic rings. The van der Waals surface area contributed by atoms with Crippen molar-refractivity contribution in [3.05, 3.63) is 68.8 Å². The first-order chi connectivity index (χ1) is 21.4. The van der Waals surface area contributed by atoms with Gasteiger partial charge in [0.1, 0.15) is 5.92 Å². The van der Waals surface area contributed by atoms with E-state index >= 15 is 0 Å². The van der Waals surface area contributed by atoms with Crippen molar-refractivity contribution in [2.45, 2.75) is 90.4 Å². The van der Waals surface area contributed by atoms with Gasteiger partial charge < -0.3 is 14.7 Å². The first kappa shape index (κ1) is 33.9. The van der Waals surface area contributed by atoms with Crippen molar-refractivity contribution in [3.63, 3.8) is 0 Å². The monoisotopic (exact) mass is 732 g/mol. The predicted octanol–water partition coefficient (Wildman–Crippen LogP) is 6.57. The van der Waals surface area contributed by atoms with E-state index in [9.17, 15) is 19.2 Å². The molecule has 0 amide bonds. The number of nitrogens with zero attached hydrogens (tertiary/aromatic N) is 4. The quantitative estimate of drug-likeness (QED) is 0.0908.